The molecule has 0 aliphatic heterocycles. The summed E-state index contributed by atoms with van der Waals surface area (Å²) in [7, 11) is 0. The van der Waals surface area contributed by atoms with E-state index < -0.39 is 5.91 Å². The minimum Gasteiger partial charge on any atom is -0.494 e. The zero-order chi connectivity index (χ0) is 22.8. The second-order valence-electron chi connectivity index (χ2n) is 7.40. The van der Waals surface area contributed by atoms with Crippen LogP contribution in [0.2, 0.25) is 5.02 Å². The molecule has 1 amide bonds. The summed E-state index contributed by atoms with van der Waals surface area (Å²) in [4.78, 5) is 25.5. The van der Waals surface area contributed by atoms with E-state index in [1.54, 1.807) is 54.6 Å². The SMILES string of the molecule is Cc1ccc(-n2c(O)c(/C=N\NC(=O)c3ccc(Cl)cc3)c3ccccc3c2=O)cc1C. The Kier molecular flexibility index (Phi) is 5.79. The van der Waals surface area contributed by atoms with Crippen LogP contribution < -0.4 is 11.0 Å². The Morgan fingerprint density at radius 3 is 2.38 bits per heavy atom. The number of nitrogens with one attached hydrogen (secondary N) is 1. The average molecular weight is 446 g/mol. The first kappa shape index (κ1) is 21.3. The summed E-state index contributed by atoms with van der Waals surface area (Å²) < 4.78 is 1.25. The summed E-state index contributed by atoms with van der Waals surface area (Å²) in [6, 6.07) is 18.8. The molecule has 0 fully saturated rings. The van der Waals surface area contributed by atoms with Crippen LogP contribution in [-0.4, -0.2) is 21.8 Å². The van der Waals surface area contributed by atoms with Gasteiger partial charge in [-0.1, -0.05) is 35.9 Å². The Labute approximate surface area is 189 Å². The highest BCUT2D eigenvalue weighted by Gasteiger charge is 2.16. The van der Waals surface area contributed by atoms with Crippen molar-refractivity contribution >= 4 is 34.5 Å². The number of aryl methyl sites for hydroxylation is 2. The standard InChI is InChI=1S/C25H20ClN3O3/c1-15-7-12-19(13-16(15)2)29-24(31)21-6-4-3-5-20(21)22(25(29)32)14-27-28-23(30)17-8-10-18(26)11-9-17/h3-14,32H,1-2H3,(H,28,30)/b27-14-. The summed E-state index contributed by atoms with van der Waals surface area (Å²) in [6.45, 7) is 3.92. The van der Waals surface area contributed by atoms with Crippen molar-refractivity contribution in [3.63, 3.8) is 0 Å². The summed E-state index contributed by atoms with van der Waals surface area (Å²) >= 11 is 5.85. The minimum atomic E-state index is -0.427. The molecule has 0 aliphatic carbocycles. The average Bonchev–Trinajstić information content (AvgIpc) is 2.79. The van der Waals surface area contributed by atoms with Gasteiger partial charge in [0.05, 0.1) is 17.5 Å². The molecule has 32 heavy (non-hydrogen) atoms. The molecule has 0 radical (unpaired) electrons. The van der Waals surface area contributed by atoms with E-state index in [-0.39, 0.29) is 11.4 Å². The maximum absolute atomic E-state index is 13.2. The van der Waals surface area contributed by atoms with E-state index in [4.69, 9.17) is 11.6 Å². The number of aromatic nitrogens is 1. The van der Waals surface area contributed by atoms with E-state index in [9.17, 15) is 14.7 Å². The van der Waals surface area contributed by atoms with Crippen LogP contribution in [0.15, 0.2) is 76.6 Å². The Bertz CT molecular complexity index is 1420. The molecule has 0 bridgehead atoms. The lowest BCUT2D eigenvalue weighted by molar-refractivity contribution is 0.0955. The Morgan fingerprint density at radius 1 is 1.00 bits per heavy atom. The van der Waals surface area contributed by atoms with Crippen molar-refractivity contribution in [3.8, 4) is 11.6 Å². The van der Waals surface area contributed by atoms with Crippen molar-refractivity contribution in [1.82, 2.24) is 9.99 Å². The van der Waals surface area contributed by atoms with E-state index in [1.807, 2.05) is 26.0 Å². The molecule has 3 aromatic carbocycles. The van der Waals surface area contributed by atoms with Gasteiger partial charge in [0.1, 0.15) is 0 Å². The number of nitrogens with zero attached hydrogens (tertiary/aromatic N) is 2. The van der Waals surface area contributed by atoms with Gasteiger partial charge < -0.3 is 5.11 Å². The predicted molar refractivity (Wildman–Crippen MR) is 127 cm³/mol. The van der Waals surface area contributed by atoms with Gasteiger partial charge in [-0.3, -0.25) is 9.59 Å². The van der Waals surface area contributed by atoms with E-state index in [1.165, 1.54) is 10.8 Å². The van der Waals surface area contributed by atoms with Gasteiger partial charge in [0.15, 0.2) is 0 Å². The first-order chi connectivity index (χ1) is 15.4. The van der Waals surface area contributed by atoms with Gasteiger partial charge in [-0.2, -0.15) is 5.10 Å². The second kappa shape index (κ2) is 8.69. The number of halogens is 1. The van der Waals surface area contributed by atoms with Crippen LogP contribution in [0, 0.1) is 13.8 Å². The maximum Gasteiger partial charge on any atom is 0.271 e. The molecule has 4 aromatic rings. The van der Waals surface area contributed by atoms with Crippen LogP contribution >= 0.6 is 11.6 Å². The van der Waals surface area contributed by atoms with Gasteiger partial charge >= 0.3 is 0 Å². The van der Waals surface area contributed by atoms with Gasteiger partial charge in [0.25, 0.3) is 11.5 Å². The Balaban J connectivity index is 1.79. The molecule has 0 spiro atoms. The van der Waals surface area contributed by atoms with Gasteiger partial charge in [-0.25, -0.2) is 9.99 Å². The molecule has 6 nitrogen and oxygen atoms in total. The van der Waals surface area contributed by atoms with Crippen molar-refractivity contribution in [2.45, 2.75) is 13.8 Å². The fraction of sp³-hybridized carbons (Fsp3) is 0.0800. The zero-order valence-electron chi connectivity index (χ0n) is 17.5. The Hall–Kier alpha value is -3.90. The maximum atomic E-state index is 13.2. The number of hydrogen-bond acceptors (Lipinski definition) is 4. The van der Waals surface area contributed by atoms with Gasteiger partial charge in [-0.05, 0) is 67.4 Å². The van der Waals surface area contributed by atoms with Gasteiger partial charge in [0, 0.05) is 21.4 Å². The smallest absolute Gasteiger partial charge is 0.271 e. The molecule has 0 saturated heterocycles. The molecule has 2 N–H and O–H groups in total. The number of hydrazone groups is 1. The quantitative estimate of drug-likeness (QED) is 0.352. The lowest BCUT2D eigenvalue weighted by Crippen LogP contribution is -2.21. The monoisotopic (exact) mass is 445 g/mol. The lowest BCUT2D eigenvalue weighted by Gasteiger charge is -2.14. The normalized spacial score (nSPS) is 11.2. The first-order valence-corrected chi connectivity index (χ1v) is 10.3. The number of carbonyl (C=O) groups is 1. The molecule has 0 unspecified atom stereocenters. The molecule has 1 heterocycles. The van der Waals surface area contributed by atoms with Crippen molar-refractivity contribution in [1.29, 1.82) is 0 Å². The predicted octanol–water partition coefficient (Wildman–Crippen LogP) is 4.73. The molecule has 0 saturated carbocycles. The van der Waals surface area contributed by atoms with Crippen molar-refractivity contribution in [2.24, 2.45) is 5.10 Å². The number of rotatable bonds is 4. The molecule has 0 aliphatic rings. The molecule has 0 atom stereocenters. The third kappa shape index (κ3) is 4.00. The van der Waals surface area contributed by atoms with Crippen molar-refractivity contribution in [2.75, 3.05) is 0 Å². The van der Waals surface area contributed by atoms with Gasteiger partial charge in [0.2, 0.25) is 5.88 Å². The highest BCUT2D eigenvalue weighted by Crippen LogP contribution is 2.26. The van der Waals surface area contributed by atoms with Gasteiger partial charge in [-0.15, -0.1) is 0 Å². The van der Waals surface area contributed by atoms with Crippen molar-refractivity contribution in [3.05, 3.63) is 104 Å². The third-order valence-electron chi connectivity index (χ3n) is 5.32. The molecule has 7 heteroatoms. The summed E-state index contributed by atoms with van der Waals surface area (Å²) in [5.41, 5.74) is 5.41. The number of pyridine rings is 1. The third-order valence-corrected chi connectivity index (χ3v) is 5.57. The number of hydrogen-bond donors (Lipinski definition) is 2. The van der Waals surface area contributed by atoms with E-state index in [0.717, 1.165) is 11.1 Å². The minimum absolute atomic E-state index is 0.263. The van der Waals surface area contributed by atoms with Crippen LogP contribution in [0.25, 0.3) is 16.5 Å². The van der Waals surface area contributed by atoms with Crippen LogP contribution in [0.5, 0.6) is 5.88 Å². The van der Waals surface area contributed by atoms with E-state index in [2.05, 4.69) is 10.5 Å². The highest BCUT2D eigenvalue weighted by molar-refractivity contribution is 6.30. The first-order valence-electron chi connectivity index (χ1n) is 9.90. The van der Waals surface area contributed by atoms with Crippen molar-refractivity contribution < 1.29 is 9.90 Å². The molecule has 4 rings (SSSR count). The second-order valence-corrected chi connectivity index (χ2v) is 7.83. The number of aromatic hydroxyl groups is 1. The molecule has 1 aromatic heterocycles. The number of benzene rings is 3. The van der Waals surface area contributed by atoms with Crippen LogP contribution in [0.1, 0.15) is 27.0 Å². The highest BCUT2D eigenvalue weighted by atomic mass is 35.5. The Morgan fingerprint density at radius 2 is 1.69 bits per heavy atom. The topological polar surface area (TPSA) is 83.7 Å². The molecular weight excluding hydrogens is 426 g/mol. The van der Waals surface area contributed by atoms with E-state index in [0.29, 0.717) is 32.6 Å². The summed E-state index contributed by atoms with van der Waals surface area (Å²) in [5.74, 6) is -0.689. The van der Waals surface area contributed by atoms with Crippen LogP contribution in [-0.2, 0) is 0 Å². The molecule has 160 valence electrons. The fourth-order valence-corrected chi connectivity index (χ4v) is 3.54. The largest absolute Gasteiger partial charge is 0.494 e. The summed E-state index contributed by atoms with van der Waals surface area (Å²) in [5, 5.41) is 16.5. The fourth-order valence-electron chi connectivity index (χ4n) is 3.41. The van der Waals surface area contributed by atoms with Crippen LogP contribution in [0.3, 0.4) is 0 Å². The zero-order valence-corrected chi connectivity index (χ0v) is 18.2. The summed E-state index contributed by atoms with van der Waals surface area (Å²) in [6.07, 6.45) is 1.34. The van der Waals surface area contributed by atoms with Crippen LogP contribution in [0.4, 0.5) is 0 Å². The molecular formula is C25H20ClN3O3. The number of carbonyl (C=O) groups excluding carboxylic acids is 1. The van der Waals surface area contributed by atoms with E-state index >= 15 is 0 Å². The number of fused-ring (bicyclic) bond motifs is 1. The lowest BCUT2D eigenvalue weighted by atomic mass is 10.1. The number of amides is 1.